The molecule has 0 spiro atoms. The molecule has 3 aromatic rings. The highest BCUT2D eigenvalue weighted by Gasteiger charge is 2.17. The van der Waals surface area contributed by atoms with E-state index in [-0.39, 0.29) is 12.2 Å². The number of hydrogen-bond acceptors (Lipinski definition) is 4. The SMILES string of the molecule is CCOC(=O)c1cnc(-c2ccc(C)cc2)cc1Oc1ccccc1Cl. The van der Waals surface area contributed by atoms with E-state index < -0.39 is 5.97 Å². The van der Waals surface area contributed by atoms with Gasteiger partial charge in [0.25, 0.3) is 0 Å². The Labute approximate surface area is 157 Å². The third-order valence-corrected chi connectivity index (χ3v) is 4.08. The van der Waals surface area contributed by atoms with Gasteiger partial charge in [0.05, 0.1) is 17.3 Å². The highest BCUT2D eigenvalue weighted by atomic mass is 35.5. The predicted molar refractivity (Wildman–Crippen MR) is 102 cm³/mol. The van der Waals surface area contributed by atoms with E-state index in [1.54, 1.807) is 25.1 Å². The van der Waals surface area contributed by atoms with Gasteiger partial charge in [-0.15, -0.1) is 0 Å². The summed E-state index contributed by atoms with van der Waals surface area (Å²) >= 11 is 6.18. The zero-order chi connectivity index (χ0) is 18.5. The van der Waals surface area contributed by atoms with Crippen LogP contribution in [0.4, 0.5) is 0 Å². The van der Waals surface area contributed by atoms with E-state index in [1.807, 2.05) is 43.3 Å². The standard InChI is InChI=1S/C21H18ClNO3/c1-3-25-21(24)16-13-23-18(15-10-8-14(2)9-11-15)12-20(16)26-19-7-5-4-6-17(19)22/h4-13H,3H2,1-2H3. The number of pyridine rings is 1. The van der Waals surface area contributed by atoms with Crippen LogP contribution in [0, 0.1) is 6.92 Å². The molecule has 4 nitrogen and oxygen atoms in total. The van der Waals surface area contributed by atoms with E-state index in [2.05, 4.69) is 4.98 Å². The minimum Gasteiger partial charge on any atom is -0.462 e. The molecular formula is C21H18ClNO3. The minimum absolute atomic E-state index is 0.252. The third kappa shape index (κ3) is 4.03. The van der Waals surface area contributed by atoms with Gasteiger partial charge in [-0.25, -0.2) is 4.79 Å². The van der Waals surface area contributed by atoms with E-state index in [1.165, 1.54) is 6.20 Å². The second kappa shape index (κ2) is 8.02. The number of benzene rings is 2. The van der Waals surface area contributed by atoms with Crippen LogP contribution in [0.1, 0.15) is 22.8 Å². The van der Waals surface area contributed by atoms with Gasteiger partial charge in [-0.05, 0) is 26.0 Å². The molecule has 132 valence electrons. The lowest BCUT2D eigenvalue weighted by atomic mass is 10.1. The Hall–Kier alpha value is -2.85. The summed E-state index contributed by atoms with van der Waals surface area (Å²) in [6.07, 6.45) is 1.47. The summed E-state index contributed by atoms with van der Waals surface area (Å²) in [7, 11) is 0. The number of ether oxygens (including phenoxy) is 2. The lowest BCUT2D eigenvalue weighted by Crippen LogP contribution is -2.07. The number of para-hydroxylation sites is 1. The Bertz CT molecular complexity index is 923. The topological polar surface area (TPSA) is 48.4 Å². The average molecular weight is 368 g/mol. The lowest BCUT2D eigenvalue weighted by molar-refractivity contribution is 0.0523. The Kier molecular flexibility index (Phi) is 5.54. The van der Waals surface area contributed by atoms with E-state index in [0.29, 0.717) is 22.2 Å². The van der Waals surface area contributed by atoms with Gasteiger partial charge in [0.2, 0.25) is 0 Å². The number of rotatable bonds is 5. The first-order valence-electron chi connectivity index (χ1n) is 8.25. The average Bonchev–Trinajstić information content (AvgIpc) is 2.64. The van der Waals surface area contributed by atoms with E-state index in [0.717, 1.165) is 11.1 Å². The molecule has 0 aliphatic rings. The summed E-state index contributed by atoms with van der Waals surface area (Å²) in [6, 6.07) is 16.8. The van der Waals surface area contributed by atoms with Crippen LogP contribution in [0.15, 0.2) is 60.8 Å². The van der Waals surface area contributed by atoms with E-state index in [4.69, 9.17) is 21.1 Å². The number of carbonyl (C=O) groups is 1. The van der Waals surface area contributed by atoms with Gasteiger partial charge < -0.3 is 9.47 Å². The predicted octanol–water partition coefficient (Wildman–Crippen LogP) is 5.68. The molecule has 0 saturated heterocycles. The second-order valence-electron chi connectivity index (χ2n) is 5.68. The quantitative estimate of drug-likeness (QED) is 0.544. The van der Waals surface area contributed by atoms with Gasteiger partial charge in [0, 0.05) is 17.8 Å². The van der Waals surface area contributed by atoms with E-state index >= 15 is 0 Å². The van der Waals surface area contributed by atoms with Gasteiger partial charge in [-0.3, -0.25) is 4.98 Å². The van der Waals surface area contributed by atoms with Crippen LogP contribution < -0.4 is 4.74 Å². The summed E-state index contributed by atoms with van der Waals surface area (Å²) < 4.78 is 11.0. The lowest BCUT2D eigenvalue weighted by Gasteiger charge is -2.13. The first-order chi connectivity index (χ1) is 12.6. The Morgan fingerprint density at radius 3 is 2.50 bits per heavy atom. The maximum absolute atomic E-state index is 12.3. The largest absolute Gasteiger partial charge is 0.462 e. The number of halogens is 1. The van der Waals surface area contributed by atoms with Gasteiger partial charge in [-0.1, -0.05) is 53.6 Å². The van der Waals surface area contributed by atoms with Crippen LogP contribution >= 0.6 is 11.6 Å². The Balaban J connectivity index is 2.04. The molecule has 0 unspecified atom stereocenters. The number of esters is 1. The smallest absolute Gasteiger partial charge is 0.343 e. The van der Waals surface area contributed by atoms with Crippen molar-refractivity contribution in [2.45, 2.75) is 13.8 Å². The molecule has 3 rings (SSSR count). The van der Waals surface area contributed by atoms with Crippen molar-refractivity contribution in [1.82, 2.24) is 4.98 Å². The maximum Gasteiger partial charge on any atom is 0.343 e. The van der Waals surface area contributed by atoms with Crippen molar-refractivity contribution in [3.8, 4) is 22.8 Å². The zero-order valence-corrected chi connectivity index (χ0v) is 15.3. The molecule has 1 aromatic heterocycles. The van der Waals surface area contributed by atoms with Gasteiger partial charge in [-0.2, -0.15) is 0 Å². The normalized spacial score (nSPS) is 10.4. The number of aromatic nitrogens is 1. The van der Waals surface area contributed by atoms with Crippen LogP contribution in [0.2, 0.25) is 5.02 Å². The molecule has 1 heterocycles. The fourth-order valence-electron chi connectivity index (χ4n) is 2.41. The maximum atomic E-state index is 12.3. The Morgan fingerprint density at radius 1 is 1.08 bits per heavy atom. The molecule has 0 bridgehead atoms. The fraction of sp³-hybridized carbons (Fsp3) is 0.143. The van der Waals surface area contributed by atoms with Crippen LogP contribution in [-0.4, -0.2) is 17.6 Å². The summed E-state index contributed by atoms with van der Waals surface area (Å²) in [5.74, 6) is 0.320. The summed E-state index contributed by atoms with van der Waals surface area (Å²) in [4.78, 5) is 16.7. The summed E-state index contributed by atoms with van der Waals surface area (Å²) in [6.45, 7) is 4.04. The molecule has 2 aromatic carbocycles. The van der Waals surface area contributed by atoms with Gasteiger partial charge in [0.1, 0.15) is 17.1 Å². The molecule has 0 aliphatic heterocycles. The van der Waals surface area contributed by atoms with Crippen LogP contribution in [-0.2, 0) is 4.74 Å². The number of hydrogen-bond donors (Lipinski definition) is 0. The fourth-order valence-corrected chi connectivity index (χ4v) is 2.59. The minimum atomic E-state index is -0.488. The highest BCUT2D eigenvalue weighted by Crippen LogP contribution is 2.33. The molecule has 0 N–H and O–H groups in total. The van der Waals surface area contributed by atoms with E-state index in [9.17, 15) is 4.79 Å². The van der Waals surface area contributed by atoms with Crippen molar-refractivity contribution in [2.24, 2.45) is 0 Å². The monoisotopic (exact) mass is 367 g/mol. The van der Waals surface area contributed by atoms with Crippen molar-refractivity contribution >= 4 is 17.6 Å². The highest BCUT2D eigenvalue weighted by molar-refractivity contribution is 6.32. The van der Waals surface area contributed by atoms with Crippen molar-refractivity contribution in [3.05, 3.63) is 76.9 Å². The van der Waals surface area contributed by atoms with Crippen LogP contribution in [0.5, 0.6) is 11.5 Å². The number of carbonyl (C=O) groups excluding carboxylic acids is 1. The van der Waals surface area contributed by atoms with Gasteiger partial charge >= 0.3 is 5.97 Å². The van der Waals surface area contributed by atoms with Crippen LogP contribution in [0.3, 0.4) is 0 Å². The third-order valence-electron chi connectivity index (χ3n) is 3.77. The van der Waals surface area contributed by atoms with Crippen molar-refractivity contribution in [2.75, 3.05) is 6.61 Å². The number of aryl methyl sites for hydroxylation is 1. The molecule has 0 radical (unpaired) electrons. The molecular weight excluding hydrogens is 350 g/mol. The molecule has 0 saturated carbocycles. The Morgan fingerprint density at radius 2 is 1.81 bits per heavy atom. The molecule has 0 aliphatic carbocycles. The molecule has 0 fully saturated rings. The van der Waals surface area contributed by atoms with Crippen molar-refractivity contribution in [1.29, 1.82) is 0 Å². The van der Waals surface area contributed by atoms with Crippen LogP contribution in [0.25, 0.3) is 11.3 Å². The van der Waals surface area contributed by atoms with Gasteiger partial charge in [0.15, 0.2) is 0 Å². The molecule has 26 heavy (non-hydrogen) atoms. The first kappa shape index (κ1) is 18.0. The number of nitrogens with zero attached hydrogens (tertiary/aromatic N) is 1. The molecule has 0 amide bonds. The first-order valence-corrected chi connectivity index (χ1v) is 8.63. The summed E-state index contributed by atoms with van der Waals surface area (Å²) in [5.41, 5.74) is 3.03. The molecule has 5 heteroatoms. The molecule has 0 atom stereocenters. The zero-order valence-electron chi connectivity index (χ0n) is 14.5. The summed E-state index contributed by atoms with van der Waals surface area (Å²) in [5, 5.41) is 0.455. The van der Waals surface area contributed by atoms with Crippen molar-refractivity contribution in [3.63, 3.8) is 0 Å². The second-order valence-corrected chi connectivity index (χ2v) is 6.09. The van der Waals surface area contributed by atoms with Crippen molar-refractivity contribution < 1.29 is 14.3 Å².